The van der Waals surface area contributed by atoms with Crippen molar-refractivity contribution in [2.45, 2.75) is 4.94 Å². The molecule has 48 valence electrons. The average molecular weight is 235 g/mol. The first-order valence-electron chi connectivity index (χ1n) is 3.16. The molecule has 0 N–H and O–H groups in total. The minimum atomic E-state index is -0.319. The van der Waals surface area contributed by atoms with Crippen LogP contribution in [-0.2, 0) is 0 Å². The first kappa shape index (κ1) is 7.68. The molecule has 0 nitrogen and oxygen atoms in total. The normalized spacial score (nSPS) is 8.10. The van der Waals surface area contributed by atoms with Gasteiger partial charge in [-0.2, -0.15) is 0 Å². The maximum absolute atomic E-state index is 3.18. The predicted molar refractivity (Wildman–Crippen MR) is 44.9 cm³/mol. The van der Waals surface area contributed by atoms with Crippen LogP contribution in [0.25, 0.3) is 0 Å². The van der Waals surface area contributed by atoms with Gasteiger partial charge >= 0.3 is 71.8 Å². The molecule has 0 saturated carbocycles. The topological polar surface area (TPSA) is 0 Å². The molecule has 0 saturated heterocycles. The summed E-state index contributed by atoms with van der Waals surface area (Å²) in [6.07, 6.45) is 0. The summed E-state index contributed by atoms with van der Waals surface area (Å²) in [5, 5.41) is 0. The Kier molecular flexibility index (Phi) is 3.38. The first-order chi connectivity index (χ1) is 4.93. The van der Waals surface area contributed by atoms with E-state index in [1.807, 2.05) is 30.3 Å². The van der Waals surface area contributed by atoms with E-state index in [2.05, 4.69) is 14.8 Å². The number of benzene rings is 1. The molecule has 0 fully saturated rings. The van der Waals surface area contributed by atoms with Crippen molar-refractivity contribution >= 4 is 21.1 Å². The van der Waals surface area contributed by atoms with E-state index in [9.17, 15) is 0 Å². The Balaban J connectivity index is 2.76. The molecule has 2 radical (unpaired) electrons. The molecule has 1 aromatic rings. The molecule has 0 bridgehead atoms. The van der Waals surface area contributed by atoms with Crippen LogP contribution in [0.15, 0.2) is 30.3 Å². The van der Waals surface area contributed by atoms with Crippen LogP contribution >= 0.6 is 0 Å². The van der Waals surface area contributed by atoms with Gasteiger partial charge in [-0.25, -0.2) is 0 Å². The summed E-state index contributed by atoms with van der Waals surface area (Å²) < 4.78 is 3.18. The van der Waals surface area contributed by atoms with Gasteiger partial charge in [-0.15, -0.1) is 0 Å². The van der Waals surface area contributed by atoms with Crippen molar-refractivity contribution in [1.29, 1.82) is 0 Å². The first-order valence-corrected chi connectivity index (χ1v) is 7.44. The average Bonchev–Trinajstić information content (AvgIpc) is 2.03. The second-order valence-corrected chi connectivity index (χ2v) is 4.01. The Bertz CT molecular complexity index is 240. The molecule has 1 rings (SSSR count). The molecular weight excluding hydrogens is 227 g/mol. The van der Waals surface area contributed by atoms with E-state index in [1.165, 1.54) is 0 Å². The third-order valence-corrected chi connectivity index (χ3v) is 2.18. The molecule has 0 spiro atoms. The zero-order valence-corrected chi connectivity index (χ0v) is 8.74. The zero-order chi connectivity index (χ0) is 7.23. The minimum absolute atomic E-state index is 0.319. The Labute approximate surface area is 71.9 Å². The quantitative estimate of drug-likeness (QED) is 0.474. The SMILES string of the molecule is [CH3][Sn][C]#Cc1ccccc1. The summed E-state index contributed by atoms with van der Waals surface area (Å²) in [7, 11) is 0. The van der Waals surface area contributed by atoms with Gasteiger partial charge in [-0.05, 0) is 0 Å². The van der Waals surface area contributed by atoms with Gasteiger partial charge in [-0.3, -0.25) is 0 Å². The van der Waals surface area contributed by atoms with Gasteiger partial charge in [-0.1, -0.05) is 0 Å². The van der Waals surface area contributed by atoms with Gasteiger partial charge < -0.3 is 0 Å². The standard InChI is InChI=1S/C8H5.CH3.Sn/c1-2-8-6-4-3-5-7-8;;/h3-7H;1H3;. The van der Waals surface area contributed by atoms with Crippen molar-refractivity contribution in [3.63, 3.8) is 0 Å². The fourth-order valence-electron chi connectivity index (χ4n) is 0.656. The molecule has 0 amide bonds. The van der Waals surface area contributed by atoms with Crippen molar-refractivity contribution in [1.82, 2.24) is 0 Å². The van der Waals surface area contributed by atoms with Crippen molar-refractivity contribution < 1.29 is 0 Å². The number of hydrogen-bond donors (Lipinski definition) is 0. The second kappa shape index (κ2) is 4.40. The summed E-state index contributed by atoms with van der Waals surface area (Å²) in [5.74, 6) is 3.12. The van der Waals surface area contributed by atoms with Crippen LogP contribution in [0.4, 0.5) is 0 Å². The molecule has 0 aliphatic carbocycles. The Morgan fingerprint density at radius 1 is 1.20 bits per heavy atom. The molecule has 0 unspecified atom stereocenters. The van der Waals surface area contributed by atoms with E-state index in [0.29, 0.717) is 0 Å². The summed E-state index contributed by atoms with van der Waals surface area (Å²) in [6.45, 7) is 0. The third-order valence-electron chi connectivity index (χ3n) is 1.11. The molecule has 1 aromatic carbocycles. The van der Waals surface area contributed by atoms with Gasteiger partial charge in [0.05, 0.1) is 0 Å². The van der Waals surface area contributed by atoms with E-state index < -0.39 is 0 Å². The monoisotopic (exact) mass is 236 g/mol. The van der Waals surface area contributed by atoms with Crippen molar-refractivity contribution in [3.8, 4) is 9.86 Å². The number of rotatable bonds is 0. The van der Waals surface area contributed by atoms with Crippen LogP contribution in [0.5, 0.6) is 0 Å². The van der Waals surface area contributed by atoms with Crippen LogP contribution in [-0.4, -0.2) is 21.1 Å². The van der Waals surface area contributed by atoms with Crippen LogP contribution in [0, 0.1) is 9.86 Å². The Morgan fingerprint density at radius 3 is 2.50 bits per heavy atom. The fraction of sp³-hybridized carbons (Fsp3) is 0.111. The van der Waals surface area contributed by atoms with E-state index in [4.69, 9.17) is 0 Å². The fourth-order valence-corrected chi connectivity index (χ4v) is 1.42. The molecule has 0 aliphatic heterocycles. The Morgan fingerprint density at radius 2 is 1.90 bits per heavy atom. The Hall–Kier alpha value is -0.421. The van der Waals surface area contributed by atoms with Crippen LogP contribution < -0.4 is 0 Å². The molecular formula is C9H8Sn. The second-order valence-electron chi connectivity index (χ2n) is 1.87. The van der Waals surface area contributed by atoms with Gasteiger partial charge in [0.1, 0.15) is 0 Å². The van der Waals surface area contributed by atoms with Crippen LogP contribution in [0.1, 0.15) is 5.56 Å². The molecule has 1 heteroatoms. The van der Waals surface area contributed by atoms with E-state index in [0.717, 1.165) is 5.56 Å². The molecule has 10 heavy (non-hydrogen) atoms. The summed E-state index contributed by atoms with van der Waals surface area (Å²) in [5.41, 5.74) is 1.14. The molecule has 0 atom stereocenters. The molecule has 0 aromatic heterocycles. The zero-order valence-electron chi connectivity index (χ0n) is 5.89. The van der Waals surface area contributed by atoms with Gasteiger partial charge in [0.2, 0.25) is 0 Å². The van der Waals surface area contributed by atoms with Crippen molar-refractivity contribution in [2.75, 3.05) is 0 Å². The van der Waals surface area contributed by atoms with Gasteiger partial charge in [0, 0.05) is 0 Å². The van der Waals surface area contributed by atoms with Crippen molar-refractivity contribution in [2.24, 2.45) is 0 Å². The molecule has 0 aliphatic rings. The summed E-state index contributed by atoms with van der Waals surface area (Å²) in [4.78, 5) is 2.22. The summed E-state index contributed by atoms with van der Waals surface area (Å²) in [6, 6.07) is 10.1. The molecule has 0 heterocycles. The van der Waals surface area contributed by atoms with Crippen LogP contribution in [0.2, 0.25) is 4.94 Å². The third kappa shape index (κ3) is 2.45. The van der Waals surface area contributed by atoms with Gasteiger partial charge in [0.25, 0.3) is 0 Å². The summed E-state index contributed by atoms with van der Waals surface area (Å²) >= 11 is -0.319. The maximum atomic E-state index is 3.18. The van der Waals surface area contributed by atoms with E-state index >= 15 is 0 Å². The van der Waals surface area contributed by atoms with Crippen molar-refractivity contribution in [3.05, 3.63) is 35.9 Å². The predicted octanol–water partition coefficient (Wildman–Crippen LogP) is 1.75. The van der Waals surface area contributed by atoms with E-state index in [-0.39, 0.29) is 21.1 Å². The van der Waals surface area contributed by atoms with E-state index in [1.54, 1.807) is 0 Å². The van der Waals surface area contributed by atoms with Gasteiger partial charge in [0.15, 0.2) is 0 Å². The van der Waals surface area contributed by atoms with Crippen LogP contribution in [0.3, 0.4) is 0 Å². The number of hydrogen-bond acceptors (Lipinski definition) is 0.